The van der Waals surface area contributed by atoms with E-state index in [9.17, 15) is 4.21 Å². The number of halogens is 2. The quantitative estimate of drug-likeness (QED) is 0.283. The van der Waals surface area contributed by atoms with Gasteiger partial charge < -0.3 is 70.3 Å². The number of pyridine rings is 1. The van der Waals surface area contributed by atoms with E-state index in [-0.39, 0.29) is 84.7 Å². The molecule has 0 saturated heterocycles. The first-order chi connectivity index (χ1) is 11.5. The van der Waals surface area contributed by atoms with Crippen LogP contribution in [0.1, 0.15) is 16.8 Å². The summed E-state index contributed by atoms with van der Waals surface area (Å²) in [7, 11) is 1.91. The van der Waals surface area contributed by atoms with Gasteiger partial charge in [0.1, 0.15) is 11.5 Å². The van der Waals surface area contributed by atoms with E-state index in [1.807, 2.05) is 32.0 Å². The summed E-state index contributed by atoms with van der Waals surface area (Å²) in [4.78, 5) is 11.9. The van der Waals surface area contributed by atoms with Gasteiger partial charge in [-0.05, 0) is 26.0 Å². The van der Waals surface area contributed by atoms with Gasteiger partial charge in [-0.3, -0.25) is 9.19 Å². The standard InChI is InChI=1S/C17H19N3O3S.2BrH.Mg.4H2O/c1-10-8-18-15(11(2)16(10)23-4)9-24(21)17-19-13-6-5-12(22-3)7-14(13)20-17;;;;;;;/h5-8H,9H2,1-4H3,(H,19,20);2*1H;;4*1H2/q;;;+2;;;;/p-2/t24-;;;;;;;/m0......./s1. The Bertz CT molecular complexity index is 947. The number of aromatic nitrogens is 3. The Morgan fingerprint density at radius 3 is 2.19 bits per heavy atom. The van der Waals surface area contributed by atoms with E-state index >= 15 is 0 Å². The van der Waals surface area contributed by atoms with E-state index in [0.717, 1.165) is 39.4 Å². The topological polar surface area (TPSA) is 203 Å². The number of aromatic amines is 1. The number of H-pyrrole nitrogens is 1. The molecule has 10 nitrogen and oxygen atoms in total. The molecule has 0 saturated carbocycles. The Balaban J connectivity index is -0.000000322. The van der Waals surface area contributed by atoms with Gasteiger partial charge >= 0.3 is 23.1 Å². The zero-order chi connectivity index (χ0) is 17.3. The first-order valence-electron chi connectivity index (χ1n) is 7.44. The molecule has 0 radical (unpaired) electrons. The summed E-state index contributed by atoms with van der Waals surface area (Å²) in [6, 6.07) is 5.50. The van der Waals surface area contributed by atoms with Gasteiger partial charge in [0.05, 0.1) is 47.5 Å². The second-order valence-corrected chi connectivity index (χ2v) is 6.83. The van der Waals surface area contributed by atoms with E-state index in [1.54, 1.807) is 20.4 Å². The number of hydrogen-bond acceptors (Lipinski definition) is 5. The maximum Gasteiger partial charge on any atom is 2.00 e. The van der Waals surface area contributed by atoms with Crippen molar-refractivity contribution in [3.05, 3.63) is 41.2 Å². The third-order valence-corrected chi connectivity index (χ3v) is 5.06. The van der Waals surface area contributed by atoms with Crippen molar-refractivity contribution in [1.82, 2.24) is 15.0 Å². The van der Waals surface area contributed by atoms with Gasteiger partial charge in [-0.25, -0.2) is 4.98 Å². The number of nitrogens with zero attached hydrogens (tertiary/aromatic N) is 2. The predicted octanol–water partition coefficient (Wildman–Crippen LogP) is -6.77. The van der Waals surface area contributed by atoms with Crippen molar-refractivity contribution in [2.75, 3.05) is 14.2 Å². The van der Waals surface area contributed by atoms with Crippen LogP contribution in [-0.4, -0.2) is 78.3 Å². The predicted molar refractivity (Wildman–Crippen MR) is 113 cm³/mol. The number of nitrogens with one attached hydrogen (secondary N) is 1. The molecule has 3 rings (SSSR count). The van der Waals surface area contributed by atoms with E-state index < -0.39 is 10.8 Å². The molecule has 174 valence electrons. The fourth-order valence-electron chi connectivity index (χ4n) is 2.61. The van der Waals surface area contributed by atoms with Crippen LogP contribution in [0.3, 0.4) is 0 Å². The van der Waals surface area contributed by atoms with Gasteiger partial charge in [0.15, 0.2) is 5.16 Å². The van der Waals surface area contributed by atoms with Crippen molar-refractivity contribution in [3.8, 4) is 11.5 Å². The Morgan fingerprint density at radius 2 is 1.65 bits per heavy atom. The summed E-state index contributed by atoms with van der Waals surface area (Å²) < 4.78 is 23.3. The van der Waals surface area contributed by atoms with E-state index in [4.69, 9.17) is 9.47 Å². The fourth-order valence-corrected chi connectivity index (χ4v) is 3.71. The molecule has 0 aliphatic rings. The molecule has 14 heteroatoms. The minimum Gasteiger partial charge on any atom is -1.00 e. The first kappa shape index (κ1) is 40.5. The number of imidazole rings is 1. The second kappa shape index (κ2) is 17.7. The smallest absolute Gasteiger partial charge is 1.00 e. The average molecular weight is 602 g/mol. The maximum atomic E-state index is 12.7. The molecular formula is C17H27Br2MgN3O7S. The molecule has 2 heterocycles. The van der Waals surface area contributed by atoms with Crippen molar-refractivity contribution in [3.63, 3.8) is 0 Å². The van der Waals surface area contributed by atoms with Crippen LogP contribution in [0.25, 0.3) is 11.0 Å². The third kappa shape index (κ3) is 8.90. The Hall–Kier alpha value is -0.844. The third-order valence-electron chi connectivity index (χ3n) is 3.90. The van der Waals surface area contributed by atoms with Gasteiger partial charge in [-0.15, -0.1) is 0 Å². The van der Waals surface area contributed by atoms with Crippen LogP contribution < -0.4 is 43.4 Å². The van der Waals surface area contributed by atoms with E-state index in [0.29, 0.717) is 5.16 Å². The maximum absolute atomic E-state index is 12.7. The van der Waals surface area contributed by atoms with Gasteiger partial charge in [-0.1, -0.05) is 0 Å². The minimum atomic E-state index is -1.33. The number of methoxy groups -OCH3 is 2. The van der Waals surface area contributed by atoms with Crippen molar-refractivity contribution in [2.45, 2.75) is 24.8 Å². The Morgan fingerprint density at radius 1 is 1.03 bits per heavy atom. The van der Waals surface area contributed by atoms with Gasteiger partial charge in [0, 0.05) is 23.4 Å². The Labute approximate surface area is 219 Å². The van der Waals surface area contributed by atoms with Gasteiger partial charge in [-0.2, -0.15) is 0 Å². The van der Waals surface area contributed by atoms with Gasteiger partial charge in [0.25, 0.3) is 0 Å². The molecule has 31 heavy (non-hydrogen) atoms. The van der Waals surface area contributed by atoms with Crippen LogP contribution >= 0.6 is 0 Å². The molecule has 2 aromatic heterocycles. The number of aryl methyl sites for hydroxylation is 1. The van der Waals surface area contributed by atoms with E-state index in [2.05, 4.69) is 15.0 Å². The SMILES string of the molecule is COc1ccc2nc([S@@](=O)Cc3ncc(C)c(OC)c3C)[nH]c2c1.O.O.O.O.[Br-].[Br-].[Mg+2]. The summed E-state index contributed by atoms with van der Waals surface area (Å²) in [5, 5.41) is 0.430. The number of hydrogen-bond donors (Lipinski definition) is 1. The minimum absolute atomic E-state index is 0. The van der Waals surface area contributed by atoms with Crippen LogP contribution in [0.2, 0.25) is 0 Å². The number of benzene rings is 1. The van der Waals surface area contributed by atoms with Crippen LogP contribution in [-0.2, 0) is 16.6 Å². The molecule has 0 aliphatic heterocycles. The van der Waals surface area contributed by atoms with Crippen molar-refractivity contribution >= 4 is 44.9 Å². The summed E-state index contributed by atoms with van der Waals surface area (Å²) in [6.07, 6.45) is 1.74. The van der Waals surface area contributed by atoms with Crippen LogP contribution in [0.15, 0.2) is 29.6 Å². The number of fused-ring (bicyclic) bond motifs is 1. The van der Waals surface area contributed by atoms with Crippen LogP contribution in [0, 0.1) is 13.8 Å². The monoisotopic (exact) mass is 599 g/mol. The van der Waals surface area contributed by atoms with Crippen molar-refractivity contribution in [1.29, 1.82) is 0 Å². The molecule has 0 bridgehead atoms. The van der Waals surface area contributed by atoms with Crippen LogP contribution in [0.5, 0.6) is 11.5 Å². The Kier molecular flexibility index (Phi) is 23.1. The molecule has 3 aromatic rings. The van der Waals surface area contributed by atoms with Crippen molar-refractivity contribution < 1.29 is 69.6 Å². The summed E-state index contributed by atoms with van der Waals surface area (Å²) >= 11 is 0. The summed E-state index contributed by atoms with van der Waals surface area (Å²) in [5.41, 5.74) is 4.16. The zero-order valence-electron chi connectivity index (χ0n) is 17.5. The molecule has 0 spiro atoms. The summed E-state index contributed by atoms with van der Waals surface area (Å²) in [6.45, 7) is 3.86. The normalized spacial score (nSPS) is 9.55. The molecule has 1 aromatic carbocycles. The summed E-state index contributed by atoms with van der Waals surface area (Å²) in [5.74, 6) is 1.79. The molecule has 1 atom stereocenters. The molecule has 0 amide bonds. The largest absolute Gasteiger partial charge is 2.00 e. The van der Waals surface area contributed by atoms with Gasteiger partial charge in [0.2, 0.25) is 0 Å². The molecule has 9 N–H and O–H groups in total. The first-order valence-corrected chi connectivity index (χ1v) is 8.76. The molecular weight excluding hydrogens is 574 g/mol. The number of ether oxygens (including phenoxy) is 2. The number of rotatable bonds is 5. The average Bonchev–Trinajstić information content (AvgIpc) is 3.01. The molecule has 0 aliphatic carbocycles. The molecule has 0 unspecified atom stereocenters. The van der Waals surface area contributed by atoms with E-state index in [1.165, 1.54) is 0 Å². The van der Waals surface area contributed by atoms with Crippen LogP contribution in [0.4, 0.5) is 0 Å². The molecule has 0 fully saturated rings. The second-order valence-electron chi connectivity index (χ2n) is 5.46. The zero-order valence-corrected chi connectivity index (χ0v) is 22.9. The van der Waals surface area contributed by atoms with Crippen molar-refractivity contribution in [2.24, 2.45) is 0 Å². The fraction of sp³-hybridized carbons (Fsp3) is 0.294.